The molecule has 0 atom stereocenters. The summed E-state index contributed by atoms with van der Waals surface area (Å²) in [5, 5.41) is 2.79. The van der Waals surface area contributed by atoms with Crippen LogP contribution in [0.15, 0.2) is 30.5 Å². The van der Waals surface area contributed by atoms with Crippen LogP contribution in [0, 0.1) is 11.6 Å². The van der Waals surface area contributed by atoms with Gasteiger partial charge in [0.25, 0.3) is 0 Å². The zero-order valence-electron chi connectivity index (χ0n) is 13.0. The third-order valence-electron chi connectivity index (χ3n) is 3.08. The highest BCUT2D eigenvalue weighted by Gasteiger charge is 2.15. The molecule has 0 aliphatic carbocycles. The van der Waals surface area contributed by atoms with Crippen molar-refractivity contribution in [1.82, 2.24) is 4.98 Å². The van der Waals surface area contributed by atoms with Crippen molar-refractivity contribution in [2.75, 3.05) is 22.9 Å². The van der Waals surface area contributed by atoms with Gasteiger partial charge in [-0.25, -0.2) is 13.8 Å². The first-order valence-corrected chi connectivity index (χ1v) is 8.22. The summed E-state index contributed by atoms with van der Waals surface area (Å²) in [6.45, 7) is 2.31. The molecule has 0 unspecified atom stereocenters. The third-order valence-corrected chi connectivity index (χ3v) is 4.03. The van der Waals surface area contributed by atoms with Crippen molar-refractivity contribution in [3.05, 3.63) is 47.7 Å². The Morgan fingerprint density at radius 3 is 2.61 bits per heavy atom. The summed E-state index contributed by atoms with van der Waals surface area (Å²) in [6, 6.07) is 7.26. The van der Waals surface area contributed by atoms with Crippen LogP contribution in [0.2, 0.25) is 0 Å². The van der Waals surface area contributed by atoms with Gasteiger partial charge in [-0.05, 0) is 24.1 Å². The minimum atomic E-state index is -0.720. The lowest BCUT2D eigenvalue weighted by Crippen LogP contribution is -2.07. The van der Waals surface area contributed by atoms with Crippen LogP contribution in [0.5, 0.6) is 5.75 Å². The second-order valence-electron chi connectivity index (χ2n) is 4.80. The van der Waals surface area contributed by atoms with Crippen molar-refractivity contribution in [2.24, 2.45) is 0 Å². The van der Waals surface area contributed by atoms with Gasteiger partial charge in [-0.1, -0.05) is 31.0 Å². The number of benzene rings is 1. The molecular formula is C16H19F2N3OS. The number of pyridine rings is 1. The first-order valence-electron chi connectivity index (χ1n) is 7.24. The van der Waals surface area contributed by atoms with Gasteiger partial charge in [0.15, 0.2) is 17.5 Å². The maximum atomic E-state index is 14.3. The van der Waals surface area contributed by atoms with E-state index in [1.54, 1.807) is 19.2 Å². The molecular weight excluding hydrogens is 320 g/mol. The van der Waals surface area contributed by atoms with Crippen molar-refractivity contribution in [3.8, 4) is 5.75 Å². The smallest absolute Gasteiger partial charge is 0.192 e. The Hall–Kier alpha value is -2.02. The molecule has 0 saturated heterocycles. The molecule has 124 valence electrons. The number of methoxy groups -OCH3 is 1. The van der Waals surface area contributed by atoms with Gasteiger partial charge in [-0.3, -0.25) is 0 Å². The molecule has 23 heavy (non-hydrogen) atoms. The fourth-order valence-electron chi connectivity index (χ4n) is 1.85. The molecule has 0 aliphatic rings. The van der Waals surface area contributed by atoms with Gasteiger partial charge in [0.05, 0.1) is 13.3 Å². The quantitative estimate of drug-likeness (QED) is 0.549. The molecule has 0 radical (unpaired) electrons. The maximum absolute atomic E-state index is 14.3. The van der Waals surface area contributed by atoms with Gasteiger partial charge in [0.1, 0.15) is 11.4 Å². The molecule has 2 N–H and O–H groups in total. The summed E-state index contributed by atoms with van der Waals surface area (Å²) in [5.41, 5.74) is 0.701. The van der Waals surface area contributed by atoms with Gasteiger partial charge >= 0.3 is 0 Å². The van der Waals surface area contributed by atoms with E-state index in [1.807, 2.05) is 19.1 Å². The summed E-state index contributed by atoms with van der Waals surface area (Å²) in [5.74, 6) is 0.133. The molecule has 0 spiro atoms. The Morgan fingerprint density at radius 1 is 1.22 bits per heavy atom. The molecule has 1 aromatic carbocycles. The van der Waals surface area contributed by atoms with Crippen LogP contribution in [0.1, 0.15) is 18.9 Å². The lowest BCUT2D eigenvalue weighted by atomic mass is 10.2. The van der Waals surface area contributed by atoms with Gasteiger partial charge in [0.2, 0.25) is 0 Å². The topological polar surface area (TPSA) is 46.2 Å². The summed E-state index contributed by atoms with van der Waals surface area (Å²) >= 11 is 1.34. The van der Waals surface area contributed by atoms with Crippen molar-refractivity contribution >= 4 is 23.5 Å². The first-order chi connectivity index (χ1) is 11.2. The van der Waals surface area contributed by atoms with Crippen LogP contribution in [-0.2, 0) is 6.54 Å². The molecule has 1 aromatic heterocycles. The normalized spacial score (nSPS) is 10.4. The largest absolute Gasteiger partial charge is 0.497 e. The Bertz CT molecular complexity index is 638. The summed E-state index contributed by atoms with van der Waals surface area (Å²) < 4.78 is 36.0. The highest BCUT2D eigenvalue weighted by molar-refractivity contribution is 8.00. The Morgan fingerprint density at radius 2 is 1.96 bits per heavy atom. The van der Waals surface area contributed by atoms with Gasteiger partial charge in [0, 0.05) is 12.3 Å². The Labute approximate surface area is 138 Å². The predicted molar refractivity (Wildman–Crippen MR) is 90.8 cm³/mol. The number of nitrogens with zero attached hydrogens (tertiary/aromatic N) is 1. The number of aromatic nitrogens is 1. The van der Waals surface area contributed by atoms with Gasteiger partial charge < -0.3 is 14.8 Å². The molecule has 4 nitrogen and oxygen atoms in total. The van der Waals surface area contributed by atoms with Crippen LogP contribution in [0.3, 0.4) is 0 Å². The van der Waals surface area contributed by atoms with E-state index in [1.165, 1.54) is 11.9 Å². The average molecular weight is 339 g/mol. The lowest BCUT2D eigenvalue weighted by Gasteiger charge is -2.12. The number of ether oxygens (including phenoxy) is 1. The van der Waals surface area contributed by atoms with E-state index in [-0.39, 0.29) is 11.5 Å². The van der Waals surface area contributed by atoms with Crippen LogP contribution in [0.25, 0.3) is 0 Å². The Kier molecular flexibility index (Phi) is 6.46. The monoisotopic (exact) mass is 339 g/mol. The van der Waals surface area contributed by atoms with Crippen LogP contribution >= 0.6 is 11.9 Å². The van der Waals surface area contributed by atoms with Crippen molar-refractivity contribution in [2.45, 2.75) is 19.9 Å². The minimum Gasteiger partial charge on any atom is -0.497 e. The molecule has 0 aliphatic heterocycles. The summed E-state index contributed by atoms with van der Waals surface area (Å²) in [4.78, 5) is 3.75. The van der Waals surface area contributed by atoms with Crippen LogP contribution in [-0.4, -0.2) is 17.8 Å². The van der Waals surface area contributed by atoms with E-state index in [9.17, 15) is 8.78 Å². The number of anilines is 2. The number of hydrogen-bond donors (Lipinski definition) is 2. The van der Waals surface area contributed by atoms with E-state index in [0.29, 0.717) is 6.54 Å². The SMILES string of the molecule is CCCSNc1ncc(F)c(NCc2ccc(OC)cc2)c1F. The molecule has 1 heterocycles. The average Bonchev–Trinajstić information content (AvgIpc) is 2.57. The van der Waals surface area contributed by atoms with Crippen molar-refractivity contribution < 1.29 is 13.5 Å². The fraction of sp³-hybridized carbons (Fsp3) is 0.312. The molecule has 0 bridgehead atoms. The second kappa shape index (κ2) is 8.57. The third kappa shape index (κ3) is 4.72. The molecule has 0 amide bonds. The van der Waals surface area contributed by atoms with Crippen molar-refractivity contribution in [1.29, 1.82) is 0 Å². The zero-order chi connectivity index (χ0) is 16.7. The summed E-state index contributed by atoms with van der Waals surface area (Å²) in [6.07, 6.45) is 1.96. The zero-order valence-corrected chi connectivity index (χ0v) is 13.8. The lowest BCUT2D eigenvalue weighted by molar-refractivity contribution is 0.414. The van der Waals surface area contributed by atoms with E-state index >= 15 is 0 Å². The van der Waals surface area contributed by atoms with Crippen molar-refractivity contribution in [3.63, 3.8) is 0 Å². The predicted octanol–water partition coefficient (Wildman–Crippen LogP) is 4.45. The highest BCUT2D eigenvalue weighted by Crippen LogP contribution is 2.26. The minimum absolute atomic E-state index is 0.0297. The standard InChI is InChI=1S/C16H19F2N3OS/c1-3-8-23-21-16-14(18)15(13(17)10-20-16)19-9-11-4-6-12(22-2)7-5-11/h4-7,10H,3,8-9H2,1-2H3,(H2,19,20,21). The van der Waals surface area contributed by atoms with Crippen LogP contribution < -0.4 is 14.8 Å². The van der Waals surface area contributed by atoms with Gasteiger partial charge in [-0.2, -0.15) is 0 Å². The first kappa shape index (κ1) is 17.3. The number of hydrogen-bond acceptors (Lipinski definition) is 5. The summed E-state index contributed by atoms with van der Waals surface area (Å²) in [7, 11) is 1.58. The van der Waals surface area contributed by atoms with E-state index < -0.39 is 11.6 Å². The van der Waals surface area contributed by atoms with E-state index in [2.05, 4.69) is 15.0 Å². The van der Waals surface area contributed by atoms with E-state index in [0.717, 1.165) is 29.7 Å². The molecule has 7 heteroatoms. The van der Waals surface area contributed by atoms with E-state index in [4.69, 9.17) is 4.74 Å². The van der Waals surface area contributed by atoms with Crippen LogP contribution in [0.4, 0.5) is 20.3 Å². The number of nitrogens with one attached hydrogen (secondary N) is 2. The molecule has 2 aromatic rings. The number of rotatable bonds is 8. The highest BCUT2D eigenvalue weighted by atomic mass is 32.2. The second-order valence-corrected chi connectivity index (χ2v) is 5.70. The number of halogens is 2. The maximum Gasteiger partial charge on any atom is 0.192 e. The molecule has 2 rings (SSSR count). The molecule has 0 fully saturated rings. The molecule has 0 saturated carbocycles. The Balaban J connectivity index is 2.06. The fourth-order valence-corrected chi connectivity index (χ4v) is 2.44. The van der Waals surface area contributed by atoms with Gasteiger partial charge in [-0.15, -0.1) is 0 Å².